The first-order valence-electron chi connectivity index (χ1n) is 9.46. The number of nitrogens with one attached hydrogen (secondary N) is 1. The van der Waals surface area contributed by atoms with Gasteiger partial charge in [-0.3, -0.25) is 4.99 Å². The molecule has 1 saturated heterocycles. The Kier molecular flexibility index (Phi) is 10.6. The van der Waals surface area contributed by atoms with E-state index in [1.165, 1.54) is 28.5 Å². The standard InChI is InChI=1S/C18H32N4O2S2.HI/c1-5-22(6-2)26(23,24)17-8-7-16(25-17)9-12-20-18(19-4)21-13-10-15(3)11-14-21;/h7-8,15H,5-6,9-14H2,1-4H3,(H,19,20);1H. The smallest absolute Gasteiger partial charge is 0.252 e. The van der Waals surface area contributed by atoms with Crippen molar-refractivity contribution < 1.29 is 8.42 Å². The van der Waals surface area contributed by atoms with E-state index in [-0.39, 0.29) is 24.0 Å². The fraction of sp³-hybridized carbons (Fsp3) is 0.722. The fourth-order valence-electron chi connectivity index (χ4n) is 3.17. The SMILES string of the molecule is CCN(CC)S(=O)(=O)c1ccc(CCNC(=NC)N2CCC(C)CC2)s1.I. The third kappa shape index (κ3) is 6.57. The molecule has 1 aromatic heterocycles. The zero-order valence-corrected chi connectivity index (χ0v) is 20.7. The predicted octanol–water partition coefficient (Wildman–Crippen LogP) is 3.25. The molecular weight excluding hydrogens is 495 g/mol. The maximum Gasteiger partial charge on any atom is 0.252 e. The van der Waals surface area contributed by atoms with Gasteiger partial charge in [0.25, 0.3) is 10.0 Å². The van der Waals surface area contributed by atoms with Gasteiger partial charge in [-0.05, 0) is 37.3 Å². The number of thiophene rings is 1. The Morgan fingerprint density at radius 2 is 1.93 bits per heavy atom. The van der Waals surface area contributed by atoms with Gasteiger partial charge in [0, 0.05) is 44.6 Å². The minimum absolute atomic E-state index is 0. The molecule has 9 heteroatoms. The average molecular weight is 529 g/mol. The molecule has 1 aliphatic heterocycles. The van der Waals surface area contributed by atoms with Crippen molar-refractivity contribution in [2.75, 3.05) is 39.8 Å². The lowest BCUT2D eigenvalue weighted by Crippen LogP contribution is -2.45. The molecule has 2 rings (SSSR count). The Morgan fingerprint density at radius 1 is 1.30 bits per heavy atom. The van der Waals surface area contributed by atoms with E-state index >= 15 is 0 Å². The summed E-state index contributed by atoms with van der Waals surface area (Å²) < 4.78 is 27.1. The predicted molar refractivity (Wildman–Crippen MR) is 125 cm³/mol. The molecule has 0 aromatic carbocycles. The van der Waals surface area contributed by atoms with Crippen LogP contribution in [0.25, 0.3) is 0 Å². The molecule has 0 aliphatic carbocycles. The van der Waals surface area contributed by atoms with Crippen molar-refractivity contribution in [3.63, 3.8) is 0 Å². The quantitative estimate of drug-likeness (QED) is 0.335. The maximum absolute atomic E-state index is 12.6. The zero-order chi connectivity index (χ0) is 19.2. The highest BCUT2D eigenvalue weighted by Crippen LogP contribution is 2.25. The van der Waals surface area contributed by atoms with Gasteiger partial charge in [0.05, 0.1) is 0 Å². The number of piperidine rings is 1. The van der Waals surface area contributed by atoms with Gasteiger partial charge in [-0.2, -0.15) is 4.31 Å². The monoisotopic (exact) mass is 528 g/mol. The van der Waals surface area contributed by atoms with E-state index in [1.54, 1.807) is 6.07 Å². The van der Waals surface area contributed by atoms with Gasteiger partial charge in [0.15, 0.2) is 5.96 Å². The lowest BCUT2D eigenvalue weighted by Gasteiger charge is -2.32. The molecule has 1 fully saturated rings. The van der Waals surface area contributed by atoms with Gasteiger partial charge in [-0.25, -0.2) is 8.42 Å². The number of hydrogen-bond acceptors (Lipinski definition) is 4. The van der Waals surface area contributed by atoms with E-state index in [0.717, 1.165) is 42.8 Å². The van der Waals surface area contributed by atoms with Crippen LogP contribution in [0.1, 0.15) is 38.5 Å². The van der Waals surface area contributed by atoms with E-state index in [0.29, 0.717) is 17.3 Å². The van der Waals surface area contributed by atoms with E-state index in [9.17, 15) is 8.42 Å². The molecule has 0 radical (unpaired) electrons. The number of hydrogen-bond donors (Lipinski definition) is 1. The molecule has 0 saturated carbocycles. The number of rotatable bonds is 7. The molecule has 27 heavy (non-hydrogen) atoms. The Balaban J connectivity index is 0.00000364. The van der Waals surface area contributed by atoms with Crippen molar-refractivity contribution in [1.82, 2.24) is 14.5 Å². The van der Waals surface area contributed by atoms with E-state index < -0.39 is 10.0 Å². The molecule has 0 atom stereocenters. The summed E-state index contributed by atoms with van der Waals surface area (Å²) in [6.07, 6.45) is 3.21. The van der Waals surface area contributed by atoms with Gasteiger partial charge < -0.3 is 10.2 Å². The summed E-state index contributed by atoms with van der Waals surface area (Å²) in [5.41, 5.74) is 0. The van der Waals surface area contributed by atoms with Crippen molar-refractivity contribution in [1.29, 1.82) is 0 Å². The van der Waals surface area contributed by atoms with Crippen molar-refractivity contribution in [2.24, 2.45) is 10.9 Å². The summed E-state index contributed by atoms with van der Waals surface area (Å²) >= 11 is 1.37. The lowest BCUT2D eigenvalue weighted by atomic mass is 10.00. The van der Waals surface area contributed by atoms with Crippen LogP contribution >= 0.6 is 35.3 Å². The van der Waals surface area contributed by atoms with Gasteiger partial charge >= 0.3 is 0 Å². The van der Waals surface area contributed by atoms with Crippen LogP contribution in [-0.2, 0) is 16.4 Å². The molecule has 1 aliphatic rings. The summed E-state index contributed by atoms with van der Waals surface area (Å²) in [4.78, 5) is 7.78. The van der Waals surface area contributed by atoms with Gasteiger partial charge in [-0.1, -0.05) is 20.8 Å². The molecule has 1 aromatic rings. The van der Waals surface area contributed by atoms with E-state index in [2.05, 4.69) is 22.1 Å². The zero-order valence-electron chi connectivity index (χ0n) is 16.8. The summed E-state index contributed by atoms with van der Waals surface area (Å²) in [5, 5.41) is 3.42. The van der Waals surface area contributed by atoms with Gasteiger partial charge in [-0.15, -0.1) is 35.3 Å². The minimum atomic E-state index is -3.35. The normalized spacial score (nSPS) is 16.5. The minimum Gasteiger partial charge on any atom is -0.356 e. The topological polar surface area (TPSA) is 65.0 Å². The van der Waals surface area contributed by atoms with Crippen LogP contribution in [0.3, 0.4) is 0 Å². The first kappa shape index (κ1) is 24.6. The number of aliphatic imine (C=N–C) groups is 1. The van der Waals surface area contributed by atoms with Crippen LogP contribution in [0.2, 0.25) is 0 Å². The van der Waals surface area contributed by atoms with Gasteiger partial charge in [0.1, 0.15) is 4.21 Å². The van der Waals surface area contributed by atoms with Crippen molar-refractivity contribution in [3.8, 4) is 0 Å². The highest BCUT2D eigenvalue weighted by Gasteiger charge is 2.23. The van der Waals surface area contributed by atoms with E-state index in [1.807, 2.05) is 27.0 Å². The Hall–Kier alpha value is -0.390. The first-order valence-corrected chi connectivity index (χ1v) is 11.7. The van der Waals surface area contributed by atoms with Crippen LogP contribution in [0.5, 0.6) is 0 Å². The highest BCUT2D eigenvalue weighted by atomic mass is 127. The van der Waals surface area contributed by atoms with Crippen LogP contribution in [0.4, 0.5) is 0 Å². The second-order valence-corrected chi connectivity index (χ2v) is 10.0. The molecular formula is C18H33IN4O2S2. The van der Waals surface area contributed by atoms with Crippen LogP contribution in [0.15, 0.2) is 21.3 Å². The molecule has 0 bridgehead atoms. The third-order valence-corrected chi connectivity index (χ3v) is 8.55. The van der Waals surface area contributed by atoms with Crippen LogP contribution < -0.4 is 5.32 Å². The summed E-state index contributed by atoms with van der Waals surface area (Å²) in [7, 11) is -1.53. The summed E-state index contributed by atoms with van der Waals surface area (Å²) in [6.45, 7) is 9.88. The number of guanidine groups is 1. The van der Waals surface area contributed by atoms with E-state index in [4.69, 9.17) is 0 Å². The number of sulfonamides is 1. The molecule has 156 valence electrons. The summed E-state index contributed by atoms with van der Waals surface area (Å²) in [5.74, 6) is 1.74. The third-order valence-electron chi connectivity index (χ3n) is 4.89. The average Bonchev–Trinajstić information content (AvgIpc) is 3.10. The maximum atomic E-state index is 12.6. The largest absolute Gasteiger partial charge is 0.356 e. The highest BCUT2D eigenvalue weighted by molar-refractivity contribution is 14.0. The Morgan fingerprint density at radius 3 is 2.48 bits per heavy atom. The molecule has 0 spiro atoms. The van der Waals surface area contributed by atoms with Crippen molar-refractivity contribution in [3.05, 3.63) is 17.0 Å². The number of likely N-dealkylation sites (tertiary alicyclic amines) is 1. The molecule has 0 unspecified atom stereocenters. The molecule has 0 amide bonds. The number of nitrogens with zero attached hydrogens (tertiary/aromatic N) is 3. The van der Waals surface area contributed by atoms with Crippen molar-refractivity contribution in [2.45, 2.75) is 44.2 Å². The second-order valence-electron chi connectivity index (χ2n) is 6.70. The molecule has 2 heterocycles. The first-order chi connectivity index (χ1) is 12.4. The Bertz CT molecular complexity index is 694. The molecule has 1 N–H and O–H groups in total. The number of halogens is 1. The second kappa shape index (κ2) is 11.6. The Labute approximate surface area is 185 Å². The lowest BCUT2D eigenvalue weighted by molar-refractivity contribution is 0.273. The van der Waals surface area contributed by atoms with Gasteiger partial charge in [0.2, 0.25) is 0 Å². The summed E-state index contributed by atoms with van der Waals surface area (Å²) in [6, 6.07) is 3.66. The fourth-order valence-corrected chi connectivity index (χ4v) is 6.14. The van der Waals surface area contributed by atoms with Crippen LogP contribution in [-0.4, -0.2) is 63.4 Å². The van der Waals surface area contributed by atoms with Crippen molar-refractivity contribution >= 4 is 51.3 Å². The van der Waals surface area contributed by atoms with Crippen LogP contribution in [0, 0.1) is 5.92 Å². The molecule has 6 nitrogen and oxygen atoms in total.